The Kier molecular flexibility index (Phi) is 5.04. The van der Waals surface area contributed by atoms with E-state index in [0.717, 1.165) is 29.1 Å². The lowest BCUT2D eigenvalue weighted by Crippen LogP contribution is -1.97. The van der Waals surface area contributed by atoms with Gasteiger partial charge in [0.2, 0.25) is 5.88 Å². The first-order valence-electron chi connectivity index (χ1n) is 7.34. The molecule has 0 amide bonds. The van der Waals surface area contributed by atoms with Gasteiger partial charge in [0.25, 0.3) is 0 Å². The number of rotatable bonds is 5. The predicted molar refractivity (Wildman–Crippen MR) is 96.5 cm³/mol. The first kappa shape index (κ1) is 17.0. The molecule has 0 spiro atoms. The molecular weight excluding hydrogens is 344 g/mol. The van der Waals surface area contributed by atoms with Gasteiger partial charge in [0, 0.05) is 23.5 Å². The van der Waals surface area contributed by atoms with Gasteiger partial charge < -0.3 is 15.2 Å². The second-order valence-electron chi connectivity index (χ2n) is 5.19. The van der Waals surface area contributed by atoms with Crippen molar-refractivity contribution in [2.45, 2.75) is 4.90 Å². The van der Waals surface area contributed by atoms with Crippen LogP contribution in [0.15, 0.2) is 59.6 Å². The van der Waals surface area contributed by atoms with Crippen LogP contribution in [0.2, 0.25) is 0 Å². The molecule has 0 aliphatic rings. The largest absolute Gasteiger partial charge is 0.480 e. The summed E-state index contributed by atoms with van der Waals surface area (Å²) in [4.78, 5) is 4.52. The SMILES string of the molecule is COc1ncc(-c2cccc(N)c2)cc1NSc1ccc(F)cc1F. The lowest BCUT2D eigenvalue weighted by atomic mass is 10.1. The molecule has 4 nitrogen and oxygen atoms in total. The third-order valence-corrected chi connectivity index (χ3v) is 4.30. The summed E-state index contributed by atoms with van der Waals surface area (Å²) < 4.78 is 35.0. The minimum Gasteiger partial charge on any atom is -0.480 e. The summed E-state index contributed by atoms with van der Waals surface area (Å²) in [7, 11) is 1.50. The molecule has 0 aliphatic heterocycles. The van der Waals surface area contributed by atoms with Crippen LogP contribution in [0.25, 0.3) is 11.1 Å². The second-order valence-corrected chi connectivity index (χ2v) is 6.03. The standard InChI is InChI=1S/C18H15F2N3OS/c1-24-18-16(23-25-17-6-5-13(19)9-15(17)20)8-12(10-22-18)11-3-2-4-14(21)7-11/h2-10,23H,21H2,1H3. The molecule has 7 heteroatoms. The quantitative estimate of drug-likeness (QED) is 0.509. The molecule has 1 heterocycles. The molecule has 0 aliphatic carbocycles. The van der Waals surface area contributed by atoms with Crippen molar-refractivity contribution in [3.63, 3.8) is 0 Å². The highest BCUT2D eigenvalue weighted by Gasteiger charge is 2.10. The van der Waals surface area contributed by atoms with Gasteiger partial charge in [0.15, 0.2) is 0 Å². The maximum atomic E-state index is 13.8. The number of nitrogens with two attached hydrogens (primary N) is 1. The Morgan fingerprint density at radius 2 is 1.92 bits per heavy atom. The van der Waals surface area contributed by atoms with Gasteiger partial charge in [0.1, 0.15) is 17.3 Å². The van der Waals surface area contributed by atoms with Gasteiger partial charge in [-0.05, 0) is 47.8 Å². The number of halogens is 2. The van der Waals surface area contributed by atoms with Gasteiger partial charge in [0.05, 0.1) is 12.0 Å². The highest BCUT2D eigenvalue weighted by molar-refractivity contribution is 8.00. The topological polar surface area (TPSA) is 60.2 Å². The van der Waals surface area contributed by atoms with E-state index in [-0.39, 0.29) is 4.90 Å². The molecule has 0 fully saturated rings. The molecule has 0 saturated heterocycles. The molecule has 3 aromatic rings. The van der Waals surface area contributed by atoms with Crippen molar-refractivity contribution in [1.29, 1.82) is 0 Å². The summed E-state index contributed by atoms with van der Waals surface area (Å²) in [5, 5.41) is 0. The van der Waals surface area contributed by atoms with Crippen molar-refractivity contribution in [3.05, 3.63) is 66.4 Å². The summed E-state index contributed by atoms with van der Waals surface area (Å²) >= 11 is 1.01. The van der Waals surface area contributed by atoms with E-state index in [0.29, 0.717) is 17.3 Å². The van der Waals surface area contributed by atoms with Crippen molar-refractivity contribution in [2.24, 2.45) is 0 Å². The highest BCUT2D eigenvalue weighted by atomic mass is 32.2. The second kappa shape index (κ2) is 7.40. The van der Waals surface area contributed by atoms with E-state index >= 15 is 0 Å². The molecule has 128 valence electrons. The summed E-state index contributed by atoms with van der Waals surface area (Å²) in [6.07, 6.45) is 1.67. The number of nitrogens with one attached hydrogen (secondary N) is 1. The fraction of sp³-hybridized carbons (Fsp3) is 0.0556. The fourth-order valence-corrected chi connectivity index (χ4v) is 2.89. The van der Waals surface area contributed by atoms with Crippen LogP contribution < -0.4 is 15.2 Å². The van der Waals surface area contributed by atoms with Crippen molar-refractivity contribution in [3.8, 4) is 17.0 Å². The predicted octanol–water partition coefficient (Wildman–Crippen LogP) is 4.74. The monoisotopic (exact) mass is 359 g/mol. The average molecular weight is 359 g/mol. The van der Waals surface area contributed by atoms with Crippen molar-refractivity contribution < 1.29 is 13.5 Å². The van der Waals surface area contributed by atoms with Crippen molar-refractivity contribution >= 4 is 23.3 Å². The Hall–Kier alpha value is -2.80. The van der Waals surface area contributed by atoms with Crippen LogP contribution >= 0.6 is 11.9 Å². The van der Waals surface area contributed by atoms with Crippen LogP contribution in [0.3, 0.4) is 0 Å². The van der Waals surface area contributed by atoms with E-state index in [1.165, 1.54) is 19.2 Å². The summed E-state index contributed by atoms with van der Waals surface area (Å²) in [5.41, 5.74) is 8.76. The number of anilines is 2. The van der Waals surface area contributed by atoms with Gasteiger partial charge in [-0.15, -0.1) is 0 Å². The molecule has 3 N–H and O–H groups in total. The van der Waals surface area contributed by atoms with Crippen LogP contribution in [0, 0.1) is 11.6 Å². The van der Waals surface area contributed by atoms with Crippen LogP contribution in [-0.4, -0.2) is 12.1 Å². The van der Waals surface area contributed by atoms with Gasteiger partial charge in [-0.3, -0.25) is 0 Å². The van der Waals surface area contributed by atoms with Gasteiger partial charge in [-0.25, -0.2) is 13.8 Å². The lowest BCUT2D eigenvalue weighted by Gasteiger charge is -2.12. The Labute approximate surface area is 148 Å². The first-order chi connectivity index (χ1) is 12.1. The van der Waals surface area contributed by atoms with Crippen LogP contribution in [0.5, 0.6) is 5.88 Å². The molecule has 0 unspecified atom stereocenters. The Bertz CT molecular complexity index is 905. The zero-order valence-corrected chi connectivity index (χ0v) is 14.1. The summed E-state index contributed by atoms with van der Waals surface area (Å²) in [6.45, 7) is 0. The van der Waals surface area contributed by atoms with E-state index in [1.807, 2.05) is 24.3 Å². The third-order valence-electron chi connectivity index (χ3n) is 3.43. The van der Waals surface area contributed by atoms with Gasteiger partial charge in [-0.2, -0.15) is 0 Å². The highest BCUT2D eigenvalue weighted by Crippen LogP contribution is 2.33. The van der Waals surface area contributed by atoms with E-state index in [9.17, 15) is 8.78 Å². The van der Waals surface area contributed by atoms with E-state index in [1.54, 1.807) is 12.3 Å². The van der Waals surface area contributed by atoms with E-state index in [4.69, 9.17) is 10.5 Å². The molecular formula is C18H15F2N3OS. The molecule has 1 aromatic heterocycles. The number of benzene rings is 2. The zero-order valence-electron chi connectivity index (χ0n) is 13.3. The summed E-state index contributed by atoms with van der Waals surface area (Å²) in [6, 6.07) is 12.6. The molecule has 0 bridgehead atoms. The number of hydrogen-bond acceptors (Lipinski definition) is 5. The molecule has 25 heavy (non-hydrogen) atoms. The Balaban J connectivity index is 1.87. The van der Waals surface area contributed by atoms with Crippen molar-refractivity contribution in [2.75, 3.05) is 17.6 Å². The number of pyridine rings is 1. The fourth-order valence-electron chi connectivity index (χ4n) is 2.23. The average Bonchev–Trinajstić information content (AvgIpc) is 2.61. The Morgan fingerprint density at radius 3 is 2.64 bits per heavy atom. The summed E-state index contributed by atoms with van der Waals surface area (Å²) in [5.74, 6) is -0.899. The van der Waals surface area contributed by atoms with Crippen LogP contribution in [-0.2, 0) is 0 Å². The number of ether oxygens (including phenoxy) is 1. The molecule has 0 atom stereocenters. The van der Waals surface area contributed by atoms with Crippen LogP contribution in [0.4, 0.5) is 20.2 Å². The number of nitrogens with zero attached hydrogens (tertiary/aromatic N) is 1. The maximum Gasteiger partial charge on any atom is 0.237 e. The number of hydrogen-bond donors (Lipinski definition) is 2. The van der Waals surface area contributed by atoms with E-state index in [2.05, 4.69) is 9.71 Å². The first-order valence-corrected chi connectivity index (χ1v) is 8.16. The normalized spacial score (nSPS) is 10.5. The van der Waals surface area contributed by atoms with Gasteiger partial charge >= 0.3 is 0 Å². The zero-order chi connectivity index (χ0) is 17.8. The smallest absolute Gasteiger partial charge is 0.237 e. The number of nitrogen functional groups attached to an aromatic ring is 1. The lowest BCUT2D eigenvalue weighted by molar-refractivity contribution is 0.400. The minimum atomic E-state index is -0.642. The molecule has 0 saturated carbocycles. The van der Waals surface area contributed by atoms with E-state index < -0.39 is 11.6 Å². The van der Waals surface area contributed by atoms with Gasteiger partial charge in [-0.1, -0.05) is 12.1 Å². The third kappa shape index (κ3) is 4.00. The number of aromatic nitrogens is 1. The molecule has 3 rings (SSSR count). The molecule has 2 aromatic carbocycles. The number of methoxy groups -OCH3 is 1. The maximum absolute atomic E-state index is 13.8. The Morgan fingerprint density at radius 1 is 1.08 bits per heavy atom. The van der Waals surface area contributed by atoms with Crippen molar-refractivity contribution in [1.82, 2.24) is 4.98 Å². The molecule has 0 radical (unpaired) electrons. The van der Waals surface area contributed by atoms with Crippen LogP contribution in [0.1, 0.15) is 0 Å². The minimum absolute atomic E-state index is 0.262.